The third kappa shape index (κ3) is 1.38. The molecule has 0 unspecified atom stereocenters. The number of hydrogen-bond donors (Lipinski definition) is 2. The zero-order valence-electron chi connectivity index (χ0n) is 7.69. The lowest BCUT2D eigenvalue weighted by molar-refractivity contribution is 0.539. The molecule has 0 bridgehead atoms. The first kappa shape index (κ1) is 8.55. The normalized spacial score (nSPS) is 22.3. The second kappa shape index (κ2) is 3.13. The molecule has 0 atom stereocenters. The minimum Gasteiger partial charge on any atom is -0.314 e. The van der Waals surface area contributed by atoms with E-state index in [0.29, 0.717) is 11.3 Å². The van der Waals surface area contributed by atoms with Gasteiger partial charge in [-0.3, -0.25) is 4.57 Å². The SMILES string of the molecule is O=c1[nH]nc(SC2CNC2)n1C1CC1. The third-order valence-corrected chi connectivity index (χ3v) is 3.77. The first-order valence-electron chi connectivity index (χ1n) is 4.89. The fourth-order valence-electron chi connectivity index (χ4n) is 1.52. The lowest BCUT2D eigenvalue weighted by Crippen LogP contribution is -2.44. The van der Waals surface area contributed by atoms with Gasteiger partial charge < -0.3 is 5.32 Å². The van der Waals surface area contributed by atoms with Gasteiger partial charge in [0, 0.05) is 24.4 Å². The van der Waals surface area contributed by atoms with Crippen LogP contribution in [-0.2, 0) is 0 Å². The Bertz CT molecular complexity index is 390. The van der Waals surface area contributed by atoms with E-state index in [4.69, 9.17) is 0 Å². The molecule has 1 saturated carbocycles. The Morgan fingerprint density at radius 1 is 1.43 bits per heavy atom. The van der Waals surface area contributed by atoms with Crippen molar-refractivity contribution in [2.24, 2.45) is 0 Å². The lowest BCUT2D eigenvalue weighted by atomic mass is 10.3. The van der Waals surface area contributed by atoms with Crippen molar-refractivity contribution >= 4 is 11.8 Å². The van der Waals surface area contributed by atoms with Crippen molar-refractivity contribution in [3.8, 4) is 0 Å². The van der Waals surface area contributed by atoms with Crippen LogP contribution in [0.15, 0.2) is 9.95 Å². The Hall–Kier alpha value is -0.750. The molecule has 2 heterocycles. The summed E-state index contributed by atoms with van der Waals surface area (Å²) in [6.07, 6.45) is 2.24. The molecule has 76 valence electrons. The molecule has 1 aliphatic carbocycles. The van der Waals surface area contributed by atoms with E-state index in [1.807, 2.05) is 4.57 Å². The number of rotatable bonds is 3. The fourth-order valence-corrected chi connectivity index (χ4v) is 2.67. The van der Waals surface area contributed by atoms with Crippen molar-refractivity contribution in [1.82, 2.24) is 20.1 Å². The molecular weight excluding hydrogens is 200 g/mol. The number of aromatic amines is 1. The molecular formula is C8H12N4OS. The number of aromatic nitrogens is 3. The van der Waals surface area contributed by atoms with Crippen LogP contribution in [0.1, 0.15) is 18.9 Å². The number of nitrogens with one attached hydrogen (secondary N) is 2. The molecule has 14 heavy (non-hydrogen) atoms. The summed E-state index contributed by atoms with van der Waals surface area (Å²) in [5.41, 5.74) is -0.0534. The molecule has 3 rings (SSSR count). The molecule has 0 amide bonds. The van der Waals surface area contributed by atoms with Crippen molar-refractivity contribution in [2.45, 2.75) is 29.3 Å². The second-order valence-corrected chi connectivity index (χ2v) is 5.08. The van der Waals surface area contributed by atoms with E-state index in [2.05, 4.69) is 15.5 Å². The number of nitrogens with zero attached hydrogens (tertiary/aromatic N) is 2. The highest BCUT2D eigenvalue weighted by atomic mass is 32.2. The van der Waals surface area contributed by atoms with Crippen molar-refractivity contribution in [2.75, 3.05) is 13.1 Å². The van der Waals surface area contributed by atoms with Gasteiger partial charge in [0.2, 0.25) is 0 Å². The number of H-pyrrole nitrogens is 1. The quantitative estimate of drug-likeness (QED) is 0.738. The lowest BCUT2D eigenvalue weighted by Gasteiger charge is -2.25. The van der Waals surface area contributed by atoms with E-state index < -0.39 is 0 Å². The van der Waals surface area contributed by atoms with Crippen LogP contribution in [0, 0.1) is 0 Å². The van der Waals surface area contributed by atoms with E-state index in [1.54, 1.807) is 11.8 Å². The zero-order valence-corrected chi connectivity index (χ0v) is 8.51. The maximum absolute atomic E-state index is 11.4. The maximum atomic E-state index is 11.4. The highest BCUT2D eigenvalue weighted by Gasteiger charge is 2.30. The van der Waals surface area contributed by atoms with Crippen LogP contribution in [0.3, 0.4) is 0 Å². The topological polar surface area (TPSA) is 62.7 Å². The molecule has 1 aromatic rings. The zero-order chi connectivity index (χ0) is 9.54. The summed E-state index contributed by atoms with van der Waals surface area (Å²) >= 11 is 1.70. The van der Waals surface area contributed by atoms with Crippen molar-refractivity contribution in [1.29, 1.82) is 0 Å². The molecule has 2 fully saturated rings. The molecule has 0 radical (unpaired) electrons. The van der Waals surface area contributed by atoms with Crippen molar-refractivity contribution in [3.05, 3.63) is 10.5 Å². The molecule has 2 aliphatic rings. The molecule has 1 saturated heterocycles. The van der Waals surface area contributed by atoms with Crippen LogP contribution < -0.4 is 11.0 Å². The van der Waals surface area contributed by atoms with Gasteiger partial charge in [0.1, 0.15) is 0 Å². The van der Waals surface area contributed by atoms with Gasteiger partial charge in [-0.25, -0.2) is 9.89 Å². The van der Waals surface area contributed by atoms with Crippen LogP contribution in [0.4, 0.5) is 0 Å². The smallest absolute Gasteiger partial charge is 0.314 e. The summed E-state index contributed by atoms with van der Waals surface area (Å²) in [5.74, 6) is 0. The molecule has 2 N–H and O–H groups in total. The summed E-state index contributed by atoms with van der Waals surface area (Å²) in [5, 5.41) is 11.2. The van der Waals surface area contributed by atoms with E-state index >= 15 is 0 Å². The molecule has 1 aromatic heterocycles. The maximum Gasteiger partial charge on any atom is 0.344 e. The van der Waals surface area contributed by atoms with Crippen LogP contribution in [0.2, 0.25) is 0 Å². The van der Waals surface area contributed by atoms with Crippen molar-refractivity contribution in [3.63, 3.8) is 0 Å². The first-order valence-corrected chi connectivity index (χ1v) is 5.77. The largest absolute Gasteiger partial charge is 0.344 e. The van der Waals surface area contributed by atoms with E-state index in [-0.39, 0.29) is 5.69 Å². The van der Waals surface area contributed by atoms with Gasteiger partial charge in [-0.05, 0) is 12.8 Å². The van der Waals surface area contributed by atoms with Gasteiger partial charge in [0.25, 0.3) is 0 Å². The van der Waals surface area contributed by atoms with Gasteiger partial charge in [-0.15, -0.1) is 5.10 Å². The van der Waals surface area contributed by atoms with Gasteiger partial charge in [0.15, 0.2) is 5.16 Å². The highest BCUT2D eigenvalue weighted by molar-refractivity contribution is 7.99. The van der Waals surface area contributed by atoms with Crippen LogP contribution in [0.25, 0.3) is 0 Å². The van der Waals surface area contributed by atoms with E-state index in [1.165, 1.54) is 0 Å². The molecule has 0 aromatic carbocycles. The van der Waals surface area contributed by atoms with Crippen LogP contribution in [0.5, 0.6) is 0 Å². The summed E-state index contributed by atoms with van der Waals surface area (Å²) in [4.78, 5) is 11.4. The predicted octanol–water partition coefficient (Wildman–Crippen LogP) is -0.0298. The number of thioether (sulfide) groups is 1. The average Bonchev–Trinajstić information content (AvgIpc) is 2.85. The minimum atomic E-state index is -0.0534. The average molecular weight is 212 g/mol. The summed E-state index contributed by atoms with van der Waals surface area (Å²) in [6.45, 7) is 2.05. The van der Waals surface area contributed by atoms with E-state index in [9.17, 15) is 4.79 Å². The highest BCUT2D eigenvalue weighted by Crippen LogP contribution is 2.37. The van der Waals surface area contributed by atoms with Gasteiger partial charge in [0.05, 0.1) is 0 Å². The molecule has 0 spiro atoms. The summed E-state index contributed by atoms with van der Waals surface area (Å²) < 4.78 is 1.81. The summed E-state index contributed by atoms with van der Waals surface area (Å²) in [7, 11) is 0. The Morgan fingerprint density at radius 3 is 2.79 bits per heavy atom. The Labute approximate surface area is 85.3 Å². The minimum absolute atomic E-state index is 0.0534. The van der Waals surface area contributed by atoms with E-state index in [0.717, 1.165) is 31.1 Å². The molecule has 6 heteroatoms. The predicted molar refractivity (Wildman–Crippen MR) is 53.6 cm³/mol. The Kier molecular flexibility index (Phi) is 1.91. The molecule has 5 nitrogen and oxygen atoms in total. The fraction of sp³-hybridized carbons (Fsp3) is 0.750. The third-order valence-electron chi connectivity index (χ3n) is 2.60. The van der Waals surface area contributed by atoms with Gasteiger partial charge >= 0.3 is 5.69 Å². The number of hydrogen-bond acceptors (Lipinski definition) is 4. The standard InChI is InChI=1S/C8H12N4OS/c13-7-10-11-8(12(7)5-1-2-5)14-6-3-9-4-6/h5-6,9H,1-4H2,(H,10,13). The summed E-state index contributed by atoms with van der Waals surface area (Å²) in [6, 6.07) is 0.414. The second-order valence-electron chi connectivity index (χ2n) is 3.81. The van der Waals surface area contributed by atoms with Crippen LogP contribution >= 0.6 is 11.8 Å². The van der Waals surface area contributed by atoms with Gasteiger partial charge in [-0.2, -0.15) is 0 Å². The monoisotopic (exact) mass is 212 g/mol. The Morgan fingerprint density at radius 2 is 2.21 bits per heavy atom. The molecule has 1 aliphatic heterocycles. The van der Waals surface area contributed by atoms with Crippen molar-refractivity contribution < 1.29 is 0 Å². The van der Waals surface area contributed by atoms with Gasteiger partial charge in [-0.1, -0.05) is 11.8 Å². The Balaban J connectivity index is 1.84. The van der Waals surface area contributed by atoms with Crippen LogP contribution in [-0.4, -0.2) is 33.1 Å². The first-order chi connectivity index (χ1) is 6.84.